The number of nitrogens with one attached hydrogen (secondary N) is 1. The van der Waals surface area contributed by atoms with E-state index >= 15 is 0 Å². The van der Waals surface area contributed by atoms with Crippen molar-refractivity contribution in [3.8, 4) is 0 Å². The zero-order chi connectivity index (χ0) is 19.6. The summed E-state index contributed by atoms with van der Waals surface area (Å²) in [5.41, 5.74) is 2.95. The molecule has 8 heteroatoms. The van der Waals surface area contributed by atoms with Crippen LogP contribution in [0.3, 0.4) is 0 Å². The summed E-state index contributed by atoms with van der Waals surface area (Å²) in [6.07, 6.45) is 0.672. The number of carbonyl (C=O) groups excluding carboxylic acids is 2. The second-order valence-electron chi connectivity index (χ2n) is 6.57. The maximum atomic E-state index is 12.3. The average Bonchev–Trinajstić information content (AvgIpc) is 3.03. The number of benzene rings is 2. The van der Waals surface area contributed by atoms with Crippen LogP contribution in [0.2, 0.25) is 0 Å². The molecule has 1 heterocycles. The van der Waals surface area contributed by atoms with Crippen molar-refractivity contribution in [2.24, 2.45) is 0 Å². The van der Waals surface area contributed by atoms with Crippen molar-refractivity contribution in [2.45, 2.75) is 6.42 Å². The van der Waals surface area contributed by atoms with Gasteiger partial charge in [-0.15, -0.1) is 0 Å². The molecule has 140 valence electrons. The van der Waals surface area contributed by atoms with Crippen molar-refractivity contribution in [2.75, 3.05) is 37.4 Å². The third-order valence-corrected chi connectivity index (χ3v) is 4.42. The van der Waals surface area contributed by atoms with Gasteiger partial charge in [0.15, 0.2) is 0 Å². The lowest BCUT2D eigenvalue weighted by molar-refractivity contribution is -0.384. The third kappa shape index (κ3) is 4.05. The van der Waals surface area contributed by atoms with Gasteiger partial charge in [0.25, 0.3) is 11.6 Å². The fourth-order valence-electron chi connectivity index (χ4n) is 3.06. The number of anilines is 2. The maximum absolute atomic E-state index is 12.3. The summed E-state index contributed by atoms with van der Waals surface area (Å²) in [7, 11) is 3.36. The van der Waals surface area contributed by atoms with Crippen LogP contribution in [0, 0.1) is 10.1 Å². The molecule has 2 amide bonds. The number of hydrogen-bond acceptors (Lipinski definition) is 5. The van der Waals surface area contributed by atoms with Crippen LogP contribution in [0.15, 0.2) is 42.5 Å². The molecule has 1 N–H and O–H groups in total. The molecule has 1 aliphatic heterocycles. The minimum atomic E-state index is -0.416. The highest BCUT2D eigenvalue weighted by Gasteiger charge is 2.23. The van der Waals surface area contributed by atoms with Gasteiger partial charge in [0.05, 0.1) is 11.5 Å². The second kappa shape index (κ2) is 7.45. The quantitative estimate of drug-likeness (QED) is 0.645. The minimum absolute atomic E-state index is 0.0624. The number of nitro benzene ring substituents is 1. The smallest absolute Gasteiger partial charge is 0.269 e. The normalized spacial score (nSPS) is 12.4. The molecule has 2 aromatic rings. The zero-order valence-electron chi connectivity index (χ0n) is 15.1. The van der Waals surface area contributed by atoms with E-state index in [0.717, 1.165) is 11.3 Å². The largest absolute Gasteiger partial charge is 0.362 e. The van der Waals surface area contributed by atoms with Gasteiger partial charge in [-0.2, -0.15) is 0 Å². The molecule has 0 bridgehead atoms. The molecule has 1 aliphatic rings. The van der Waals surface area contributed by atoms with Crippen LogP contribution in [-0.4, -0.2) is 48.8 Å². The SMILES string of the molecule is CN(C)C(=O)c1ccc(NC(=O)CN2CCc3cc([N+](=O)[O-])ccc32)cc1. The van der Waals surface area contributed by atoms with Gasteiger partial charge in [0.2, 0.25) is 5.91 Å². The summed E-state index contributed by atoms with van der Waals surface area (Å²) >= 11 is 0. The lowest BCUT2D eigenvalue weighted by Crippen LogP contribution is -2.31. The third-order valence-electron chi connectivity index (χ3n) is 4.42. The predicted octanol–water partition coefficient (Wildman–Crippen LogP) is 2.30. The van der Waals surface area contributed by atoms with Crippen molar-refractivity contribution in [3.05, 3.63) is 63.7 Å². The van der Waals surface area contributed by atoms with E-state index in [9.17, 15) is 19.7 Å². The van der Waals surface area contributed by atoms with Gasteiger partial charge in [-0.3, -0.25) is 19.7 Å². The van der Waals surface area contributed by atoms with E-state index in [-0.39, 0.29) is 24.0 Å². The monoisotopic (exact) mass is 368 g/mol. The van der Waals surface area contributed by atoms with Gasteiger partial charge in [0, 0.05) is 49.7 Å². The average molecular weight is 368 g/mol. The molecule has 0 unspecified atom stereocenters. The Morgan fingerprint density at radius 1 is 1.19 bits per heavy atom. The van der Waals surface area contributed by atoms with Gasteiger partial charge in [-0.25, -0.2) is 0 Å². The van der Waals surface area contributed by atoms with Crippen LogP contribution < -0.4 is 10.2 Å². The molecular formula is C19H20N4O4. The Hall–Kier alpha value is -3.42. The zero-order valence-corrected chi connectivity index (χ0v) is 15.1. The molecule has 2 aromatic carbocycles. The first-order chi connectivity index (χ1) is 12.8. The number of rotatable bonds is 5. The van der Waals surface area contributed by atoms with E-state index in [2.05, 4.69) is 5.32 Å². The van der Waals surface area contributed by atoms with Crippen LogP contribution in [0.1, 0.15) is 15.9 Å². The van der Waals surface area contributed by atoms with Gasteiger partial charge in [0.1, 0.15) is 0 Å². The highest BCUT2D eigenvalue weighted by atomic mass is 16.6. The van der Waals surface area contributed by atoms with Gasteiger partial charge >= 0.3 is 0 Å². The highest BCUT2D eigenvalue weighted by Crippen LogP contribution is 2.31. The molecule has 3 rings (SSSR count). The first-order valence-corrected chi connectivity index (χ1v) is 8.49. The number of non-ortho nitro benzene ring substituents is 1. The minimum Gasteiger partial charge on any atom is -0.362 e. The van der Waals surface area contributed by atoms with E-state index in [0.29, 0.717) is 24.2 Å². The van der Waals surface area contributed by atoms with Crippen molar-refractivity contribution >= 4 is 28.9 Å². The first-order valence-electron chi connectivity index (χ1n) is 8.49. The predicted molar refractivity (Wildman–Crippen MR) is 102 cm³/mol. The fraction of sp³-hybridized carbons (Fsp3) is 0.263. The molecule has 0 atom stereocenters. The topological polar surface area (TPSA) is 95.8 Å². The van der Waals surface area contributed by atoms with E-state index < -0.39 is 4.92 Å². The highest BCUT2D eigenvalue weighted by molar-refractivity contribution is 5.96. The molecule has 0 saturated heterocycles. The van der Waals surface area contributed by atoms with Gasteiger partial charge in [-0.05, 0) is 42.3 Å². The summed E-state index contributed by atoms with van der Waals surface area (Å²) in [5.74, 6) is -0.288. The van der Waals surface area contributed by atoms with Crippen molar-refractivity contribution < 1.29 is 14.5 Å². The second-order valence-corrected chi connectivity index (χ2v) is 6.57. The number of amides is 2. The van der Waals surface area contributed by atoms with E-state index in [1.807, 2.05) is 4.90 Å². The Labute approximate surface area is 156 Å². The molecule has 0 aliphatic carbocycles. The molecule has 8 nitrogen and oxygen atoms in total. The Morgan fingerprint density at radius 2 is 1.89 bits per heavy atom. The lowest BCUT2D eigenvalue weighted by Gasteiger charge is -2.18. The van der Waals surface area contributed by atoms with E-state index in [4.69, 9.17) is 0 Å². The van der Waals surface area contributed by atoms with Gasteiger partial charge in [-0.1, -0.05) is 0 Å². The number of nitrogens with zero attached hydrogens (tertiary/aromatic N) is 3. The molecule has 0 fully saturated rings. The van der Waals surface area contributed by atoms with Crippen LogP contribution in [-0.2, 0) is 11.2 Å². The molecule has 0 spiro atoms. The molecule has 27 heavy (non-hydrogen) atoms. The lowest BCUT2D eigenvalue weighted by atomic mass is 10.1. The Balaban J connectivity index is 1.63. The summed E-state index contributed by atoms with van der Waals surface area (Å²) < 4.78 is 0. The van der Waals surface area contributed by atoms with Crippen molar-refractivity contribution in [3.63, 3.8) is 0 Å². The number of hydrogen-bond donors (Lipinski definition) is 1. The van der Waals surface area contributed by atoms with Gasteiger partial charge < -0.3 is 15.1 Å². The van der Waals surface area contributed by atoms with Crippen LogP contribution >= 0.6 is 0 Å². The van der Waals surface area contributed by atoms with E-state index in [1.165, 1.54) is 11.0 Å². The molecule has 0 saturated carbocycles. The Kier molecular flexibility index (Phi) is 5.07. The number of carbonyl (C=O) groups is 2. The number of nitro groups is 1. The molecular weight excluding hydrogens is 348 g/mol. The number of fused-ring (bicyclic) bond motifs is 1. The molecule has 0 aromatic heterocycles. The Morgan fingerprint density at radius 3 is 2.52 bits per heavy atom. The van der Waals surface area contributed by atoms with Crippen molar-refractivity contribution in [1.82, 2.24) is 4.90 Å². The van der Waals surface area contributed by atoms with Crippen LogP contribution in [0.25, 0.3) is 0 Å². The summed E-state index contributed by atoms with van der Waals surface area (Å²) in [5, 5.41) is 13.7. The van der Waals surface area contributed by atoms with E-state index in [1.54, 1.807) is 50.5 Å². The first kappa shape index (κ1) is 18.4. The maximum Gasteiger partial charge on any atom is 0.269 e. The van der Waals surface area contributed by atoms with Crippen LogP contribution in [0.5, 0.6) is 0 Å². The van der Waals surface area contributed by atoms with Crippen LogP contribution in [0.4, 0.5) is 17.1 Å². The summed E-state index contributed by atoms with van der Waals surface area (Å²) in [6, 6.07) is 11.4. The standard InChI is InChI=1S/C19H20N4O4/c1-21(2)19(25)13-3-5-15(6-4-13)20-18(24)12-22-10-9-14-11-16(23(26)27)7-8-17(14)22/h3-8,11H,9-10,12H2,1-2H3,(H,20,24). The molecule has 0 radical (unpaired) electrons. The Bertz CT molecular complexity index is 893. The van der Waals surface area contributed by atoms with Crippen molar-refractivity contribution in [1.29, 1.82) is 0 Å². The summed E-state index contributed by atoms with van der Waals surface area (Å²) in [4.78, 5) is 38.1. The fourth-order valence-corrected chi connectivity index (χ4v) is 3.06. The summed E-state index contributed by atoms with van der Waals surface area (Å²) in [6.45, 7) is 0.795.